The lowest BCUT2D eigenvalue weighted by Gasteiger charge is -2.09. The van der Waals surface area contributed by atoms with Crippen LogP contribution in [0.2, 0.25) is 0 Å². The number of nitrogens with zero attached hydrogens (tertiary/aromatic N) is 1. The first kappa shape index (κ1) is 11.7. The van der Waals surface area contributed by atoms with Crippen molar-refractivity contribution in [1.29, 1.82) is 0 Å². The molecule has 0 aliphatic heterocycles. The summed E-state index contributed by atoms with van der Waals surface area (Å²) in [6, 6.07) is 1.87. The van der Waals surface area contributed by atoms with Crippen LogP contribution in [-0.4, -0.2) is 24.0 Å². The minimum Gasteiger partial charge on any atom is -0.396 e. The molecule has 1 heterocycles. The lowest BCUT2D eigenvalue weighted by atomic mass is 10.3. The van der Waals surface area contributed by atoms with E-state index >= 15 is 0 Å². The highest BCUT2D eigenvalue weighted by Crippen LogP contribution is 2.28. The largest absolute Gasteiger partial charge is 0.396 e. The van der Waals surface area contributed by atoms with E-state index in [0.29, 0.717) is 24.6 Å². The first-order chi connectivity index (χ1) is 8.16. The highest BCUT2D eigenvalue weighted by atomic mass is 16.2. The highest BCUT2D eigenvalue weighted by molar-refractivity contribution is 5.80. The van der Waals surface area contributed by atoms with Crippen LogP contribution in [0, 0.1) is 12.8 Å². The number of rotatable bonds is 5. The van der Waals surface area contributed by atoms with Crippen LogP contribution in [0.3, 0.4) is 0 Å². The number of hydrogen-bond acceptors (Lipinski definition) is 4. The zero-order valence-corrected chi connectivity index (χ0v) is 9.99. The number of carbonyl (C=O) groups is 1. The molecular formula is C12H18N4O. The number of amides is 1. The smallest absolute Gasteiger partial charge is 0.223 e. The van der Waals surface area contributed by atoms with Gasteiger partial charge in [-0.1, -0.05) is 0 Å². The molecule has 1 aliphatic carbocycles. The summed E-state index contributed by atoms with van der Waals surface area (Å²) < 4.78 is 0. The summed E-state index contributed by atoms with van der Waals surface area (Å²) in [5.74, 6) is 1.10. The Morgan fingerprint density at radius 2 is 2.29 bits per heavy atom. The summed E-state index contributed by atoms with van der Waals surface area (Å²) in [5, 5.41) is 5.98. The number of anilines is 2. The van der Waals surface area contributed by atoms with Gasteiger partial charge in [-0.2, -0.15) is 0 Å². The van der Waals surface area contributed by atoms with Gasteiger partial charge in [0, 0.05) is 25.2 Å². The van der Waals surface area contributed by atoms with E-state index in [9.17, 15) is 4.79 Å². The van der Waals surface area contributed by atoms with Crippen molar-refractivity contribution in [2.45, 2.75) is 19.8 Å². The molecular weight excluding hydrogens is 216 g/mol. The number of pyridine rings is 1. The van der Waals surface area contributed by atoms with Crippen molar-refractivity contribution in [3.8, 4) is 0 Å². The van der Waals surface area contributed by atoms with Gasteiger partial charge in [-0.25, -0.2) is 4.98 Å². The third kappa shape index (κ3) is 3.34. The summed E-state index contributed by atoms with van der Waals surface area (Å²) in [4.78, 5) is 15.5. The first-order valence-electron chi connectivity index (χ1n) is 5.90. The summed E-state index contributed by atoms with van der Waals surface area (Å²) in [5.41, 5.74) is 7.48. The Bertz CT molecular complexity index is 415. The molecule has 0 saturated heterocycles. The molecule has 1 aromatic heterocycles. The van der Waals surface area contributed by atoms with E-state index in [2.05, 4.69) is 15.6 Å². The maximum atomic E-state index is 11.3. The van der Waals surface area contributed by atoms with Crippen LogP contribution in [-0.2, 0) is 4.79 Å². The van der Waals surface area contributed by atoms with Gasteiger partial charge in [0.15, 0.2) is 0 Å². The Morgan fingerprint density at radius 3 is 2.94 bits per heavy atom. The molecule has 0 bridgehead atoms. The molecule has 0 unspecified atom stereocenters. The van der Waals surface area contributed by atoms with Gasteiger partial charge in [-0.3, -0.25) is 4.79 Å². The van der Waals surface area contributed by atoms with Crippen LogP contribution in [0.5, 0.6) is 0 Å². The predicted octanol–water partition coefficient (Wildman–Crippen LogP) is 0.910. The lowest BCUT2D eigenvalue weighted by molar-refractivity contribution is -0.122. The van der Waals surface area contributed by atoms with E-state index in [1.54, 1.807) is 6.20 Å². The maximum absolute atomic E-state index is 11.3. The fourth-order valence-electron chi connectivity index (χ4n) is 1.60. The molecule has 1 saturated carbocycles. The van der Waals surface area contributed by atoms with Gasteiger partial charge in [-0.05, 0) is 31.4 Å². The van der Waals surface area contributed by atoms with E-state index in [1.807, 2.05) is 13.0 Å². The van der Waals surface area contributed by atoms with Gasteiger partial charge in [-0.15, -0.1) is 0 Å². The fourth-order valence-corrected chi connectivity index (χ4v) is 1.60. The van der Waals surface area contributed by atoms with E-state index in [4.69, 9.17) is 5.73 Å². The number of nitrogens with two attached hydrogens (primary N) is 1. The number of hydrogen-bond donors (Lipinski definition) is 3. The monoisotopic (exact) mass is 234 g/mol. The molecule has 5 heteroatoms. The topological polar surface area (TPSA) is 80.0 Å². The van der Waals surface area contributed by atoms with Crippen LogP contribution in [0.25, 0.3) is 0 Å². The number of aromatic nitrogens is 1. The van der Waals surface area contributed by atoms with Crippen LogP contribution in [0.4, 0.5) is 11.5 Å². The number of aryl methyl sites for hydroxylation is 1. The highest BCUT2D eigenvalue weighted by Gasteiger charge is 2.28. The van der Waals surface area contributed by atoms with Gasteiger partial charge < -0.3 is 16.4 Å². The normalized spacial score (nSPS) is 14.4. The molecule has 0 atom stereocenters. The van der Waals surface area contributed by atoms with E-state index < -0.39 is 0 Å². The Balaban J connectivity index is 1.72. The van der Waals surface area contributed by atoms with Crippen molar-refractivity contribution in [2.24, 2.45) is 5.92 Å². The number of nitrogen functional groups attached to an aromatic ring is 1. The van der Waals surface area contributed by atoms with E-state index in [-0.39, 0.29) is 11.8 Å². The summed E-state index contributed by atoms with van der Waals surface area (Å²) in [7, 11) is 0. The van der Waals surface area contributed by atoms with Crippen LogP contribution in [0.1, 0.15) is 18.4 Å². The molecule has 2 rings (SSSR count). The van der Waals surface area contributed by atoms with Gasteiger partial charge >= 0.3 is 0 Å². The molecule has 5 nitrogen and oxygen atoms in total. The molecule has 0 aromatic carbocycles. The zero-order valence-electron chi connectivity index (χ0n) is 9.99. The van der Waals surface area contributed by atoms with Crippen molar-refractivity contribution in [3.63, 3.8) is 0 Å². The number of carbonyl (C=O) groups excluding carboxylic acids is 1. The van der Waals surface area contributed by atoms with Crippen LogP contribution in [0.15, 0.2) is 12.3 Å². The second-order valence-corrected chi connectivity index (χ2v) is 4.44. The molecule has 17 heavy (non-hydrogen) atoms. The molecule has 0 radical (unpaired) electrons. The predicted molar refractivity (Wildman–Crippen MR) is 67.6 cm³/mol. The third-order valence-electron chi connectivity index (χ3n) is 2.72. The average molecular weight is 234 g/mol. The molecule has 0 spiro atoms. The quantitative estimate of drug-likeness (QED) is 0.662. The summed E-state index contributed by atoms with van der Waals surface area (Å²) in [6.07, 6.45) is 3.83. The summed E-state index contributed by atoms with van der Waals surface area (Å²) >= 11 is 0. The molecule has 92 valence electrons. The second kappa shape index (κ2) is 5.03. The van der Waals surface area contributed by atoms with E-state index in [1.165, 1.54) is 0 Å². The Labute approximate surface area is 101 Å². The molecule has 4 N–H and O–H groups in total. The van der Waals surface area contributed by atoms with Crippen molar-refractivity contribution >= 4 is 17.4 Å². The van der Waals surface area contributed by atoms with Crippen LogP contribution < -0.4 is 16.4 Å². The maximum Gasteiger partial charge on any atom is 0.223 e. The second-order valence-electron chi connectivity index (χ2n) is 4.44. The Kier molecular flexibility index (Phi) is 3.46. The molecule has 1 fully saturated rings. The minimum atomic E-state index is 0.164. The Hall–Kier alpha value is -1.78. The molecule has 1 aliphatic rings. The van der Waals surface area contributed by atoms with Crippen molar-refractivity contribution in [1.82, 2.24) is 10.3 Å². The van der Waals surface area contributed by atoms with Crippen molar-refractivity contribution in [2.75, 3.05) is 24.1 Å². The van der Waals surface area contributed by atoms with Gasteiger partial charge in [0.2, 0.25) is 5.91 Å². The minimum absolute atomic E-state index is 0.164. The zero-order chi connectivity index (χ0) is 12.3. The van der Waals surface area contributed by atoms with E-state index in [0.717, 1.165) is 18.4 Å². The van der Waals surface area contributed by atoms with Crippen LogP contribution >= 0.6 is 0 Å². The molecule has 1 amide bonds. The number of nitrogens with one attached hydrogen (secondary N) is 2. The standard InChI is InChI=1S/C12H18N4O/c1-8-6-10(13)11(16-7-8)14-4-5-15-12(17)9-2-3-9/h6-7,9H,2-5,13H2,1H3,(H,14,16)(H,15,17). The van der Waals surface area contributed by atoms with Gasteiger partial charge in [0.1, 0.15) is 5.82 Å². The van der Waals surface area contributed by atoms with Crippen molar-refractivity contribution < 1.29 is 4.79 Å². The molecule has 1 aromatic rings. The summed E-state index contributed by atoms with van der Waals surface area (Å²) in [6.45, 7) is 3.19. The Morgan fingerprint density at radius 1 is 1.53 bits per heavy atom. The SMILES string of the molecule is Cc1cnc(NCCNC(=O)C2CC2)c(N)c1. The first-order valence-corrected chi connectivity index (χ1v) is 5.90. The van der Waals surface area contributed by atoms with Gasteiger partial charge in [0.25, 0.3) is 0 Å². The lowest BCUT2D eigenvalue weighted by Crippen LogP contribution is -2.30. The fraction of sp³-hybridized carbons (Fsp3) is 0.500. The third-order valence-corrected chi connectivity index (χ3v) is 2.72. The average Bonchev–Trinajstić information content (AvgIpc) is 3.10. The van der Waals surface area contributed by atoms with Crippen molar-refractivity contribution in [3.05, 3.63) is 17.8 Å². The van der Waals surface area contributed by atoms with Gasteiger partial charge in [0.05, 0.1) is 5.69 Å².